The molecule has 0 aliphatic carbocycles. The zero-order chi connectivity index (χ0) is 41.4. The van der Waals surface area contributed by atoms with Gasteiger partial charge in [0.1, 0.15) is 12.4 Å². The summed E-state index contributed by atoms with van der Waals surface area (Å²) in [4.78, 5) is 59.2. The van der Waals surface area contributed by atoms with E-state index in [1.807, 2.05) is 84.0 Å². The van der Waals surface area contributed by atoms with E-state index in [0.29, 0.717) is 24.3 Å². The van der Waals surface area contributed by atoms with Crippen molar-refractivity contribution >= 4 is 41.4 Å². The van der Waals surface area contributed by atoms with Crippen molar-refractivity contribution < 1.29 is 48.4 Å². The molecule has 13 nitrogen and oxygen atoms in total. The molecule has 2 aromatic carbocycles. The molecule has 0 radical (unpaired) electrons. The third-order valence-electron chi connectivity index (χ3n) is 7.75. The molecule has 6 N–H and O–H groups in total. The summed E-state index contributed by atoms with van der Waals surface area (Å²) in [6, 6.07) is 12.3. The lowest BCUT2D eigenvalue weighted by Crippen LogP contribution is -2.46. The van der Waals surface area contributed by atoms with Crippen molar-refractivity contribution in [3.8, 4) is 5.75 Å². The summed E-state index contributed by atoms with van der Waals surface area (Å²) in [6.07, 6.45) is 2.64. The highest BCUT2D eigenvalue weighted by atomic mass is 35.5. The summed E-state index contributed by atoms with van der Waals surface area (Å²) in [6.45, 7) is 14.3. The van der Waals surface area contributed by atoms with Crippen LogP contribution < -0.4 is 21.1 Å². The zero-order valence-corrected chi connectivity index (χ0v) is 33.8. The monoisotopic (exact) mass is 777 g/mol. The Hall–Kier alpha value is -4.46. The second-order valence-electron chi connectivity index (χ2n) is 13.5. The van der Waals surface area contributed by atoms with Crippen LogP contribution in [0.2, 0.25) is 5.02 Å². The van der Waals surface area contributed by atoms with Gasteiger partial charge in [0.2, 0.25) is 0 Å². The van der Waals surface area contributed by atoms with Gasteiger partial charge in [0.15, 0.2) is 6.10 Å². The van der Waals surface area contributed by atoms with Crippen molar-refractivity contribution in [1.29, 1.82) is 0 Å². The van der Waals surface area contributed by atoms with E-state index in [2.05, 4.69) is 10.6 Å². The SMILES string of the molecule is CC.CC(C)CC(OC(=O)C(C)(C)CNC(=O)NC(=O)/C=C/CCC(C)C(O)Cc1ccc(COC(=O)CN)cc1)C(=O)O.COc1ccc(C)cc1Cl. The number of hydrogen-bond acceptors (Lipinski definition) is 10. The minimum Gasteiger partial charge on any atom is -0.495 e. The Kier molecular flexibility index (Phi) is 24.2. The van der Waals surface area contributed by atoms with Crippen LogP contribution in [0, 0.1) is 24.2 Å². The minimum absolute atomic E-state index is 0.00467. The second kappa shape index (κ2) is 26.3. The summed E-state index contributed by atoms with van der Waals surface area (Å²) in [5.74, 6) is -2.47. The van der Waals surface area contributed by atoms with E-state index < -0.39 is 47.5 Å². The van der Waals surface area contributed by atoms with Gasteiger partial charge in [-0.3, -0.25) is 19.7 Å². The van der Waals surface area contributed by atoms with Gasteiger partial charge >= 0.3 is 23.9 Å². The molecule has 3 unspecified atom stereocenters. The fraction of sp³-hybridized carbons (Fsp3) is 0.525. The quantitative estimate of drug-likeness (QED) is 0.0859. The van der Waals surface area contributed by atoms with E-state index >= 15 is 0 Å². The van der Waals surface area contributed by atoms with Crippen LogP contribution in [0.15, 0.2) is 54.6 Å². The molecule has 0 saturated heterocycles. The molecule has 14 heteroatoms. The molecule has 0 heterocycles. The number of benzene rings is 2. The molecule has 2 rings (SSSR count). The molecule has 0 fully saturated rings. The molecule has 0 aromatic heterocycles. The number of nitrogens with two attached hydrogens (primary N) is 1. The Morgan fingerprint density at radius 3 is 2.15 bits per heavy atom. The number of carboxylic acids is 1. The number of halogens is 1. The largest absolute Gasteiger partial charge is 0.495 e. The van der Waals surface area contributed by atoms with Gasteiger partial charge in [-0.2, -0.15) is 0 Å². The molecule has 0 aliphatic rings. The van der Waals surface area contributed by atoms with E-state index in [1.54, 1.807) is 13.2 Å². The predicted octanol–water partition coefficient (Wildman–Crippen LogP) is 6.14. The third-order valence-corrected chi connectivity index (χ3v) is 8.04. The van der Waals surface area contributed by atoms with Gasteiger partial charge in [0.25, 0.3) is 5.91 Å². The van der Waals surface area contributed by atoms with Crippen molar-refractivity contribution in [2.45, 2.75) is 99.9 Å². The van der Waals surface area contributed by atoms with Crippen molar-refractivity contribution in [3.05, 3.63) is 76.3 Å². The van der Waals surface area contributed by atoms with Crippen molar-refractivity contribution in [2.75, 3.05) is 20.2 Å². The van der Waals surface area contributed by atoms with Crippen LogP contribution in [-0.2, 0) is 41.7 Å². The van der Waals surface area contributed by atoms with Crippen LogP contribution in [0.4, 0.5) is 4.79 Å². The van der Waals surface area contributed by atoms with Crippen molar-refractivity contribution in [1.82, 2.24) is 10.6 Å². The van der Waals surface area contributed by atoms with Gasteiger partial charge in [-0.25, -0.2) is 9.59 Å². The zero-order valence-electron chi connectivity index (χ0n) is 33.1. The van der Waals surface area contributed by atoms with Gasteiger partial charge in [0, 0.05) is 6.54 Å². The molecular formula is C40H60ClN3O10. The lowest BCUT2D eigenvalue weighted by atomic mass is 9.93. The number of carbonyl (C=O) groups is 5. The number of rotatable bonds is 18. The number of carbonyl (C=O) groups excluding carboxylic acids is 4. The first-order valence-corrected chi connectivity index (χ1v) is 18.4. The van der Waals surface area contributed by atoms with E-state index in [0.717, 1.165) is 22.4 Å². The molecule has 0 bridgehead atoms. The maximum absolute atomic E-state index is 12.5. The average molecular weight is 778 g/mol. The molecule has 2 aromatic rings. The van der Waals surface area contributed by atoms with Crippen LogP contribution in [0.1, 0.15) is 84.4 Å². The molecule has 54 heavy (non-hydrogen) atoms. The first-order valence-electron chi connectivity index (χ1n) is 18.0. The first kappa shape index (κ1) is 49.5. The van der Waals surface area contributed by atoms with E-state index in [9.17, 15) is 34.2 Å². The minimum atomic E-state index is -1.28. The number of aryl methyl sites for hydroxylation is 1. The molecule has 0 spiro atoms. The van der Waals surface area contributed by atoms with Gasteiger partial charge < -0.3 is 35.5 Å². The number of aliphatic hydroxyl groups is 1. The Labute approximate surface area is 325 Å². The second-order valence-corrected chi connectivity index (χ2v) is 13.9. The molecule has 0 saturated carbocycles. The average Bonchev–Trinajstić information content (AvgIpc) is 3.12. The highest BCUT2D eigenvalue weighted by Crippen LogP contribution is 2.24. The van der Waals surface area contributed by atoms with Gasteiger partial charge in [-0.05, 0) is 93.2 Å². The molecule has 3 amide bonds. The molecular weight excluding hydrogens is 718 g/mol. The highest BCUT2D eigenvalue weighted by Gasteiger charge is 2.34. The molecule has 3 atom stereocenters. The van der Waals surface area contributed by atoms with Crippen LogP contribution in [0.3, 0.4) is 0 Å². The number of nitrogens with one attached hydrogen (secondary N) is 2. The lowest BCUT2D eigenvalue weighted by molar-refractivity contribution is -0.171. The fourth-order valence-corrected chi connectivity index (χ4v) is 4.75. The molecule has 302 valence electrons. The number of methoxy groups -OCH3 is 1. The number of aliphatic carboxylic acids is 1. The van der Waals surface area contributed by atoms with Crippen LogP contribution in [0.25, 0.3) is 0 Å². The van der Waals surface area contributed by atoms with Crippen molar-refractivity contribution in [3.63, 3.8) is 0 Å². The Morgan fingerprint density at radius 1 is 1.00 bits per heavy atom. The summed E-state index contributed by atoms with van der Waals surface area (Å²) in [7, 11) is 1.61. The lowest BCUT2D eigenvalue weighted by Gasteiger charge is -2.25. The maximum Gasteiger partial charge on any atom is 0.345 e. The number of esters is 2. The van der Waals surface area contributed by atoms with E-state index in [1.165, 1.54) is 19.9 Å². The Balaban J connectivity index is 0.00000199. The van der Waals surface area contributed by atoms with E-state index in [-0.39, 0.29) is 38.0 Å². The fourth-order valence-electron chi connectivity index (χ4n) is 4.44. The topological polar surface area (TPSA) is 204 Å². The summed E-state index contributed by atoms with van der Waals surface area (Å²) >= 11 is 5.80. The van der Waals surface area contributed by atoms with Gasteiger partial charge in [0.05, 0.1) is 30.2 Å². The van der Waals surface area contributed by atoms with E-state index in [4.69, 9.17) is 31.5 Å². The standard InChI is InChI=1S/C30H45N3O9.C8H9ClO.C2H6/c1-19(2)14-24(27(37)38)42-28(39)30(4,5)18-32-29(40)33-25(35)9-7-6-8-20(3)23(34)15-21-10-12-22(13-11-21)17-41-26(36)16-31;1-6-3-4-8(10-2)7(9)5-6;1-2/h7,9-13,19-20,23-24,34H,6,8,14-18,31H2,1-5H3,(H,37,38)(H2,32,33,35,40);3-5H,1-2H3;1-2H3/b9-7+;;. The summed E-state index contributed by atoms with van der Waals surface area (Å²) in [5.41, 5.74) is 6.88. The highest BCUT2D eigenvalue weighted by molar-refractivity contribution is 6.32. The summed E-state index contributed by atoms with van der Waals surface area (Å²) < 4.78 is 15.1. The smallest absolute Gasteiger partial charge is 0.345 e. The third kappa shape index (κ3) is 20.7. The van der Waals surface area contributed by atoms with Crippen molar-refractivity contribution in [2.24, 2.45) is 23.0 Å². The van der Waals surface area contributed by atoms with Crippen LogP contribution in [-0.4, -0.2) is 72.5 Å². The Bertz CT molecular complexity index is 1500. The van der Waals surface area contributed by atoms with Gasteiger partial charge in [-0.1, -0.05) is 82.6 Å². The van der Waals surface area contributed by atoms with Crippen LogP contribution >= 0.6 is 11.6 Å². The number of allylic oxidation sites excluding steroid dienone is 1. The van der Waals surface area contributed by atoms with Crippen LogP contribution in [0.5, 0.6) is 5.75 Å². The number of imide groups is 1. The summed E-state index contributed by atoms with van der Waals surface area (Å²) in [5, 5.41) is 25.1. The number of ether oxygens (including phenoxy) is 3. The number of urea groups is 1. The van der Waals surface area contributed by atoms with Gasteiger partial charge in [-0.15, -0.1) is 0 Å². The number of aliphatic hydroxyl groups excluding tert-OH is 1. The normalized spacial score (nSPS) is 12.5. The first-order chi connectivity index (χ1) is 25.4. The molecule has 0 aliphatic heterocycles. The predicted molar refractivity (Wildman–Crippen MR) is 209 cm³/mol. The Morgan fingerprint density at radius 2 is 1.61 bits per heavy atom. The number of amides is 3. The number of carboxylic acid groups (broad SMARTS) is 1. The maximum atomic E-state index is 12.5. The number of hydrogen-bond donors (Lipinski definition) is 5.